The molecule has 1 aromatic carbocycles. The van der Waals surface area contributed by atoms with E-state index in [4.69, 9.17) is 17.0 Å². The minimum atomic E-state index is -1.64. The lowest BCUT2D eigenvalue weighted by Gasteiger charge is -2.45. The van der Waals surface area contributed by atoms with Gasteiger partial charge in [0.25, 0.3) is 0 Å². The van der Waals surface area contributed by atoms with Crippen molar-refractivity contribution in [2.45, 2.75) is 5.92 Å². The molecule has 4 nitrogen and oxygen atoms in total. The van der Waals surface area contributed by atoms with Gasteiger partial charge in [-0.3, -0.25) is 0 Å². The van der Waals surface area contributed by atoms with Gasteiger partial charge in [-0.05, 0) is 17.2 Å². The maximum Gasteiger partial charge on any atom is 0.203 e. The second kappa shape index (κ2) is 6.33. The predicted octanol–water partition coefficient (Wildman–Crippen LogP) is 3.92. The van der Waals surface area contributed by atoms with Gasteiger partial charge in [0.15, 0.2) is 0 Å². The molecule has 0 aromatic heterocycles. The van der Waals surface area contributed by atoms with E-state index in [1.54, 1.807) is 17.8 Å². The highest BCUT2D eigenvalue weighted by atomic mass is 35.5. The van der Waals surface area contributed by atoms with Gasteiger partial charge in [-0.15, -0.1) is 0 Å². The van der Waals surface area contributed by atoms with Crippen molar-refractivity contribution in [3.05, 3.63) is 46.5 Å². The van der Waals surface area contributed by atoms with Gasteiger partial charge in [0.1, 0.15) is 0 Å². The number of rotatable bonds is 1. The average molecular weight is 353 g/mol. The predicted molar refractivity (Wildman–Crippen MR) is 93.6 cm³/mol. The molecule has 2 aliphatic rings. The van der Waals surface area contributed by atoms with E-state index in [0.717, 1.165) is 5.56 Å². The van der Waals surface area contributed by atoms with Crippen LogP contribution < -0.4 is 0 Å². The van der Waals surface area contributed by atoms with E-state index in [9.17, 15) is 15.8 Å². The van der Waals surface area contributed by atoms with Gasteiger partial charge in [0.05, 0.1) is 29.8 Å². The lowest BCUT2D eigenvalue weighted by molar-refractivity contribution is 0.412. The van der Waals surface area contributed by atoms with Crippen molar-refractivity contribution in [3.63, 3.8) is 0 Å². The number of thioether (sulfide) groups is 1. The molecule has 3 atom stereocenters. The molecule has 24 heavy (non-hydrogen) atoms. The van der Waals surface area contributed by atoms with Gasteiger partial charge in [-0.2, -0.15) is 27.5 Å². The maximum atomic E-state index is 9.72. The highest BCUT2D eigenvalue weighted by Gasteiger charge is 2.56. The third-order valence-corrected chi connectivity index (χ3v) is 6.14. The van der Waals surface area contributed by atoms with Gasteiger partial charge < -0.3 is 5.41 Å². The summed E-state index contributed by atoms with van der Waals surface area (Å²) in [7, 11) is 0. The zero-order valence-electron chi connectivity index (χ0n) is 12.7. The van der Waals surface area contributed by atoms with Crippen LogP contribution in [0.25, 0.3) is 0 Å². The molecule has 0 radical (unpaired) electrons. The SMILES string of the molecule is N#CC1C(=N)C(C#N)(C#N)C2=CCSC[C@@H]2[C@@H]1c1ccccc1Cl. The summed E-state index contributed by atoms with van der Waals surface area (Å²) in [6, 6.07) is 13.5. The molecule has 3 rings (SSSR count). The average Bonchev–Trinajstić information content (AvgIpc) is 2.62. The molecule has 1 saturated carbocycles. The summed E-state index contributed by atoms with van der Waals surface area (Å²) in [5.41, 5.74) is -0.301. The van der Waals surface area contributed by atoms with Crippen molar-refractivity contribution in [2.75, 3.05) is 11.5 Å². The van der Waals surface area contributed by atoms with Crippen LogP contribution >= 0.6 is 23.4 Å². The molecule has 1 heterocycles. The first-order valence-electron chi connectivity index (χ1n) is 7.44. The van der Waals surface area contributed by atoms with Crippen molar-refractivity contribution in [3.8, 4) is 18.2 Å². The van der Waals surface area contributed by atoms with Crippen LogP contribution in [0.4, 0.5) is 0 Å². The van der Waals surface area contributed by atoms with Gasteiger partial charge >= 0.3 is 0 Å². The number of nitrogens with one attached hydrogen (secondary N) is 1. The lowest BCUT2D eigenvalue weighted by Crippen LogP contribution is -2.48. The molecular formula is C18H13ClN4S. The van der Waals surface area contributed by atoms with Crippen LogP contribution in [0.3, 0.4) is 0 Å². The Bertz CT molecular complexity index is 841. The monoisotopic (exact) mass is 352 g/mol. The number of benzene rings is 1. The fourth-order valence-electron chi connectivity index (χ4n) is 3.67. The molecule has 0 amide bonds. The standard InChI is InChI=1S/C18H13ClN4S/c19-15-4-2-1-3-11(15)16-12(7-20)17(23)18(9-21,10-22)14-5-6-24-8-13(14)16/h1-5,12-13,16,23H,6,8H2/t12?,13-,16+/m0/s1. The first kappa shape index (κ1) is 16.6. The first-order valence-corrected chi connectivity index (χ1v) is 8.97. The lowest BCUT2D eigenvalue weighted by atomic mass is 9.56. The molecule has 1 unspecified atom stereocenters. The summed E-state index contributed by atoms with van der Waals surface area (Å²) in [6.45, 7) is 0. The van der Waals surface area contributed by atoms with Crippen LogP contribution in [0.15, 0.2) is 35.9 Å². The Morgan fingerprint density at radius 1 is 1.21 bits per heavy atom. The fraction of sp³-hybridized carbons (Fsp3) is 0.333. The largest absolute Gasteiger partial charge is 0.305 e. The number of allylic oxidation sites excluding steroid dienone is 1. The third kappa shape index (κ3) is 2.23. The van der Waals surface area contributed by atoms with Crippen LogP contribution in [0.2, 0.25) is 5.02 Å². The highest BCUT2D eigenvalue weighted by Crippen LogP contribution is 2.54. The number of nitrogens with zero attached hydrogens (tertiary/aromatic N) is 3. The summed E-state index contributed by atoms with van der Waals surface area (Å²) in [5, 5.41) is 38.1. The topological polar surface area (TPSA) is 95.2 Å². The molecule has 1 aromatic rings. The van der Waals surface area contributed by atoms with Crippen LogP contribution in [0, 0.1) is 56.7 Å². The van der Waals surface area contributed by atoms with Crippen LogP contribution in [0.1, 0.15) is 11.5 Å². The molecule has 0 spiro atoms. The molecule has 0 saturated heterocycles. The van der Waals surface area contributed by atoms with Crippen molar-refractivity contribution in [1.82, 2.24) is 0 Å². The zero-order valence-corrected chi connectivity index (χ0v) is 14.2. The van der Waals surface area contributed by atoms with E-state index in [0.29, 0.717) is 22.1 Å². The number of nitriles is 3. The molecule has 1 aliphatic carbocycles. The van der Waals surface area contributed by atoms with Crippen molar-refractivity contribution in [1.29, 1.82) is 21.2 Å². The summed E-state index contributed by atoms with van der Waals surface area (Å²) in [4.78, 5) is 0. The van der Waals surface area contributed by atoms with Gasteiger partial charge in [-0.25, -0.2) is 0 Å². The molecule has 1 N–H and O–H groups in total. The second-order valence-corrected chi connectivity index (χ2v) is 7.33. The number of hydrogen-bond donors (Lipinski definition) is 1. The third-order valence-electron chi connectivity index (χ3n) is 4.80. The first-order chi connectivity index (χ1) is 11.6. The normalized spacial score (nSPS) is 27.8. The minimum Gasteiger partial charge on any atom is -0.305 e. The number of halogens is 1. The van der Waals surface area contributed by atoms with E-state index in [1.807, 2.05) is 36.4 Å². The molecule has 1 fully saturated rings. The van der Waals surface area contributed by atoms with E-state index < -0.39 is 11.3 Å². The van der Waals surface area contributed by atoms with Crippen molar-refractivity contribution < 1.29 is 0 Å². The fourth-order valence-corrected chi connectivity index (χ4v) is 5.01. The molecule has 0 bridgehead atoms. The Balaban J connectivity index is 2.25. The summed E-state index contributed by atoms with van der Waals surface area (Å²) in [6.07, 6.45) is 1.89. The Morgan fingerprint density at radius 3 is 2.54 bits per heavy atom. The molecule has 118 valence electrons. The Hall–Kier alpha value is -2.26. The van der Waals surface area contributed by atoms with E-state index >= 15 is 0 Å². The minimum absolute atomic E-state index is 0.130. The van der Waals surface area contributed by atoms with E-state index in [2.05, 4.69) is 6.07 Å². The summed E-state index contributed by atoms with van der Waals surface area (Å²) in [5.74, 6) is 0.103. The van der Waals surface area contributed by atoms with Crippen molar-refractivity contribution >= 4 is 29.1 Å². The number of hydrogen-bond acceptors (Lipinski definition) is 5. The Kier molecular flexibility index (Phi) is 4.37. The van der Waals surface area contributed by atoms with Gasteiger partial charge in [-0.1, -0.05) is 35.9 Å². The Labute approximate surface area is 149 Å². The zero-order chi connectivity index (χ0) is 17.3. The summed E-state index contributed by atoms with van der Waals surface area (Å²) < 4.78 is 0. The molecular weight excluding hydrogens is 340 g/mol. The maximum absolute atomic E-state index is 9.72. The molecule has 6 heteroatoms. The van der Waals surface area contributed by atoms with E-state index in [1.165, 1.54) is 0 Å². The van der Waals surface area contributed by atoms with Crippen LogP contribution in [-0.4, -0.2) is 17.2 Å². The van der Waals surface area contributed by atoms with Crippen LogP contribution in [-0.2, 0) is 0 Å². The van der Waals surface area contributed by atoms with Crippen LogP contribution in [0.5, 0.6) is 0 Å². The highest BCUT2D eigenvalue weighted by molar-refractivity contribution is 7.99. The smallest absolute Gasteiger partial charge is 0.203 e. The second-order valence-electron chi connectivity index (χ2n) is 5.84. The summed E-state index contributed by atoms with van der Waals surface area (Å²) >= 11 is 8.06. The quantitative estimate of drug-likeness (QED) is 0.775. The van der Waals surface area contributed by atoms with Gasteiger partial charge in [0, 0.05) is 28.4 Å². The van der Waals surface area contributed by atoms with E-state index in [-0.39, 0.29) is 17.5 Å². The Morgan fingerprint density at radius 2 is 1.92 bits per heavy atom. The molecule has 1 aliphatic heterocycles. The number of fused-ring (bicyclic) bond motifs is 1. The van der Waals surface area contributed by atoms with Crippen molar-refractivity contribution in [2.24, 2.45) is 17.3 Å². The van der Waals surface area contributed by atoms with Gasteiger partial charge in [0.2, 0.25) is 5.41 Å².